The molecule has 1 aliphatic carbocycles. The first-order valence-electron chi connectivity index (χ1n) is 14.4. The van der Waals surface area contributed by atoms with Crippen molar-refractivity contribution in [3.63, 3.8) is 0 Å². The Morgan fingerprint density at radius 3 is 2.97 bits per heavy atom. The van der Waals surface area contributed by atoms with Gasteiger partial charge in [-0.25, -0.2) is 9.98 Å². The minimum Gasteiger partial charge on any atom is -0.356 e. The van der Waals surface area contributed by atoms with Gasteiger partial charge >= 0.3 is 0 Å². The van der Waals surface area contributed by atoms with Crippen LogP contribution in [0, 0.1) is 17.8 Å². The van der Waals surface area contributed by atoms with E-state index in [4.69, 9.17) is 15.0 Å². The molecule has 9 heteroatoms. The molecule has 1 fully saturated rings. The number of hydrogen-bond donors (Lipinski definition) is 2. The highest BCUT2D eigenvalue weighted by Gasteiger charge is 2.32. The minimum atomic E-state index is -0.391. The van der Waals surface area contributed by atoms with Crippen LogP contribution in [0.5, 0.6) is 0 Å². The Kier molecular flexibility index (Phi) is 8.61. The fraction of sp³-hybridized carbons (Fsp3) is 0.655. The molecule has 0 saturated carbocycles. The van der Waals surface area contributed by atoms with Crippen LogP contribution in [0.2, 0.25) is 0 Å². The van der Waals surface area contributed by atoms with E-state index in [1.165, 1.54) is 25.7 Å². The Balaban J connectivity index is 1.38. The van der Waals surface area contributed by atoms with Gasteiger partial charge in [-0.3, -0.25) is 9.79 Å². The van der Waals surface area contributed by atoms with Gasteiger partial charge in [-0.2, -0.15) is 9.97 Å². The normalized spacial score (nSPS) is 32.8. The Morgan fingerprint density at radius 2 is 2.05 bits per heavy atom. The third-order valence-electron chi connectivity index (χ3n) is 8.55. The summed E-state index contributed by atoms with van der Waals surface area (Å²) in [7, 11) is 0. The molecule has 4 aliphatic rings. The highest BCUT2D eigenvalue weighted by molar-refractivity contribution is 5.97. The molecule has 1 aromatic heterocycles. The molecular formula is C29H42N8O. The molecule has 9 nitrogen and oxygen atoms in total. The van der Waals surface area contributed by atoms with E-state index in [1.807, 2.05) is 6.20 Å². The number of carbonyl (C=O) groups is 1. The van der Waals surface area contributed by atoms with Crippen LogP contribution in [0.15, 0.2) is 40.7 Å². The van der Waals surface area contributed by atoms with Crippen molar-refractivity contribution in [2.75, 3.05) is 32.7 Å². The molecule has 0 aromatic carbocycles. The summed E-state index contributed by atoms with van der Waals surface area (Å²) in [6, 6.07) is 0. The van der Waals surface area contributed by atoms with Crippen LogP contribution in [-0.4, -0.2) is 70.0 Å². The Hall–Kier alpha value is -2.94. The molecule has 3 aliphatic heterocycles. The summed E-state index contributed by atoms with van der Waals surface area (Å²) in [5, 5.41) is 6.35. The van der Waals surface area contributed by atoms with Gasteiger partial charge in [0.1, 0.15) is 18.0 Å². The number of amidine groups is 1. The second-order valence-electron chi connectivity index (χ2n) is 11.6. The number of aromatic nitrogens is 3. The number of allylic oxidation sites excluding steroid dienone is 3. The van der Waals surface area contributed by atoms with E-state index in [0.717, 1.165) is 49.9 Å². The number of nitrogens with zero attached hydrogens (tertiary/aromatic N) is 6. The lowest BCUT2D eigenvalue weighted by atomic mass is 9.77. The lowest BCUT2D eigenvalue weighted by molar-refractivity contribution is -0.121. The SMILES string of the molecule is CC1C=CC2=Nc3ncnc(n3)C3(C)C=CNC(=NCCCNC(=O)CCN4CCCC(CC4)CC1C2)C3. The van der Waals surface area contributed by atoms with Crippen LogP contribution in [0.3, 0.4) is 0 Å². The van der Waals surface area contributed by atoms with Crippen molar-refractivity contribution in [1.29, 1.82) is 0 Å². The van der Waals surface area contributed by atoms with Crippen molar-refractivity contribution >= 4 is 23.4 Å². The largest absolute Gasteiger partial charge is 0.356 e. The maximum atomic E-state index is 12.4. The Labute approximate surface area is 226 Å². The van der Waals surface area contributed by atoms with Gasteiger partial charge in [0, 0.05) is 38.2 Å². The third kappa shape index (κ3) is 6.92. The first-order chi connectivity index (χ1) is 18.5. The molecule has 0 radical (unpaired) electrons. The van der Waals surface area contributed by atoms with Crippen LogP contribution in [0.4, 0.5) is 5.95 Å². The predicted octanol–water partition coefficient (Wildman–Crippen LogP) is 3.72. The summed E-state index contributed by atoms with van der Waals surface area (Å²) in [5.41, 5.74) is 0.663. The van der Waals surface area contributed by atoms with Crippen molar-refractivity contribution < 1.29 is 4.79 Å². The zero-order valence-electron chi connectivity index (χ0n) is 22.9. The van der Waals surface area contributed by atoms with Gasteiger partial charge in [-0.05, 0) is 88.6 Å². The van der Waals surface area contributed by atoms with Crippen molar-refractivity contribution in [3.8, 4) is 0 Å². The highest BCUT2D eigenvalue weighted by Crippen LogP contribution is 2.34. The predicted molar refractivity (Wildman–Crippen MR) is 151 cm³/mol. The number of rotatable bonds is 0. The molecule has 0 spiro atoms. The van der Waals surface area contributed by atoms with E-state index >= 15 is 0 Å². The molecule has 204 valence electrons. The topological polar surface area (TPSA) is 108 Å². The van der Waals surface area contributed by atoms with Crippen molar-refractivity contribution in [2.24, 2.45) is 27.7 Å². The van der Waals surface area contributed by atoms with E-state index in [2.05, 4.69) is 57.6 Å². The molecule has 1 aromatic rings. The summed E-state index contributed by atoms with van der Waals surface area (Å²) in [6.07, 6.45) is 18.0. The van der Waals surface area contributed by atoms with Gasteiger partial charge in [0.05, 0.1) is 5.41 Å². The molecule has 5 atom stereocenters. The Morgan fingerprint density at radius 1 is 1.13 bits per heavy atom. The summed E-state index contributed by atoms with van der Waals surface area (Å²) in [4.78, 5) is 38.3. The molecule has 2 N–H and O–H groups in total. The number of fused-ring (bicyclic) bond motifs is 10. The molecule has 1 amide bonds. The van der Waals surface area contributed by atoms with Crippen molar-refractivity contribution in [3.05, 3.63) is 36.6 Å². The summed E-state index contributed by atoms with van der Waals surface area (Å²) >= 11 is 0. The molecular weight excluding hydrogens is 476 g/mol. The van der Waals surface area contributed by atoms with Crippen LogP contribution in [0.25, 0.3) is 0 Å². The molecule has 4 heterocycles. The molecule has 1 saturated heterocycles. The van der Waals surface area contributed by atoms with Crippen molar-refractivity contribution in [2.45, 2.75) is 70.6 Å². The fourth-order valence-electron chi connectivity index (χ4n) is 6.08. The fourth-order valence-corrected chi connectivity index (χ4v) is 6.08. The first kappa shape index (κ1) is 26.7. The minimum absolute atomic E-state index is 0.142. The smallest absolute Gasteiger partial charge is 0.252 e. The molecule has 8 bridgehead atoms. The van der Waals surface area contributed by atoms with Crippen LogP contribution in [-0.2, 0) is 10.2 Å². The number of nitrogens with one attached hydrogen (secondary N) is 2. The van der Waals surface area contributed by atoms with E-state index in [9.17, 15) is 4.79 Å². The van der Waals surface area contributed by atoms with Gasteiger partial charge in [0.2, 0.25) is 5.91 Å². The standard InChI is InChI=1S/C29H42N8O/c1-21-6-7-24-18-23(21)17-22-5-3-14-37(15-8-22)16-9-26(38)32-12-4-11-30-25-19-29(2,10-13-31-25)27-33-20-34-28(35-24)36-27/h6-7,10,13,20-23H,3-5,8-9,11-12,14-19H2,1-2H3,(H,30,31)(H,32,38). The van der Waals surface area contributed by atoms with Gasteiger partial charge in [0.25, 0.3) is 5.95 Å². The number of hydrogen-bond acceptors (Lipinski definition) is 8. The average molecular weight is 519 g/mol. The van der Waals surface area contributed by atoms with Gasteiger partial charge in [-0.15, -0.1) is 0 Å². The third-order valence-corrected chi connectivity index (χ3v) is 8.55. The second kappa shape index (κ2) is 12.3. The van der Waals surface area contributed by atoms with E-state index in [1.54, 1.807) is 6.33 Å². The molecule has 38 heavy (non-hydrogen) atoms. The Bertz CT molecular complexity index is 1110. The van der Waals surface area contributed by atoms with E-state index in [0.29, 0.717) is 49.5 Å². The lowest BCUT2D eigenvalue weighted by Gasteiger charge is -2.29. The zero-order valence-corrected chi connectivity index (χ0v) is 22.9. The summed E-state index contributed by atoms with van der Waals surface area (Å²) < 4.78 is 0. The number of carbonyl (C=O) groups excluding carboxylic acids is 1. The van der Waals surface area contributed by atoms with E-state index < -0.39 is 5.41 Å². The maximum Gasteiger partial charge on any atom is 0.252 e. The monoisotopic (exact) mass is 518 g/mol. The zero-order chi connectivity index (χ0) is 26.4. The number of aliphatic imine (C=N–C) groups is 2. The lowest BCUT2D eigenvalue weighted by Crippen LogP contribution is -2.36. The van der Waals surface area contributed by atoms with E-state index in [-0.39, 0.29) is 5.91 Å². The van der Waals surface area contributed by atoms with Gasteiger partial charge in [-0.1, -0.05) is 19.1 Å². The maximum absolute atomic E-state index is 12.4. The van der Waals surface area contributed by atoms with Gasteiger partial charge < -0.3 is 15.5 Å². The van der Waals surface area contributed by atoms with Crippen molar-refractivity contribution in [1.82, 2.24) is 30.5 Å². The van der Waals surface area contributed by atoms with Crippen LogP contribution < -0.4 is 10.6 Å². The highest BCUT2D eigenvalue weighted by atomic mass is 16.1. The molecule has 5 rings (SSSR count). The first-order valence-corrected chi connectivity index (χ1v) is 14.4. The van der Waals surface area contributed by atoms with Crippen LogP contribution >= 0.6 is 0 Å². The quantitative estimate of drug-likeness (QED) is 0.542. The summed E-state index contributed by atoms with van der Waals surface area (Å²) in [6.45, 7) is 8.78. The second-order valence-corrected chi connectivity index (χ2v) is 11.6. The average Bonchev–Trinajstić information content (AvgIpc) is 3.14. The van der Waals surface area contributed by atoms with Gasteiger partial charge in [0.15, 0.2) is 0 Å². The number of amides is 1. The summed E-state index contributed by atoms with van der Waals surface area (Å²) in [5.74, 6) is 4.07. The molecule has 5 unspecified atom stereocenters. The van der Waals surface area contributed by atoms with Crippen LogP contribution in [0.1, 0.15) is 71.0 Å².